The van der Waals surface area contributed by atoms with E-state index in [1.54, 1.807) is 0 Å². The van der Waals surface area contributed by atoms with Crippen LogP contribution in [0.4, 0.5) is 0 Å². The first-order valence-corrected chi connectivity index (χ1v) is 7.16. The van der Waals surface area contributed by atoms with Crippen LogP contribution in [0.1, 0.15) is 18.5 Å². The minimum absolute atomic E-state index is 0.379. The van der Waals surface area contributed by atoms with Crippen molar-refractivity contribution in [1.29, 1.82) is 0 Å². The van der Waals surface area contributed by atoms with Crippen LogP contribution in [0.3, 0.4) is 0 Å². The van der Waals surface area contributed by atoms with Gasteiger partial charge in [0.1, 0.15) is 0 Å². The summed E-state index contributed by atoms with van der Waals surface area (Å²) in [5, 5.41) is 3.52. The second-order valence-electron chi connectivity index (χ2n) is 4.12. The largest absolute Gasteiger partial charge is 0.309 e. The third-order valence-corrected chi connectivity index (χ3v) is 3.78. The number of benzene rings is 1. The summed E-state index contributed by atoms with van der Waals surface area (Å²) in [6.07, 6.45) is 3.68. The molecule has 0 bridgehead atoms. The van der Waals surface area contributed by atoms with Crippen LogP contribution < -0.4 is 5.32 Å². The Morgan fingerprint density at radius 3 is 2.56 bits per heavy atom. The van der Waals surface area contributed by atoms with E-state index in [0.717, 1.165) is 12.3 Å². The first kappa shape index (κ1) is 13.1. The zero-order valence-corrected chi connectivity index (χ0v) is 11.4. The van der Waals surface area contributed by atoms with E-state index in [-0.39, 0.29) is 0 Å². The monoisotopic (exact) mass is 258 g/mol. The van der Waals surface area contributed by atoms with Gasteiger partial charge in [-0.15, -0.1) is 11.8 Å². The number of nitrogens with one attached hydrogen (secondary N) is 1. The molecule has 1 aromatic carbocycles. The molecule has 1 N–H and O–H groups in total. The van der Waals surface area contributed by atoms with Crippen molar-refractivity contribution in [1.82, 2.24) is 10.3 Å². The zero-order valence-electron chi connectivity index (χ0n) is 10.5. The van der Waals surface area contributed by atoms with Crippen molar-refractivity contribution in [3.05, 3.63) is 60.4 Å². The Bertz CT molecular complexity index is 445. The van der Waals surface area contributed by atoms with Crippen molar-refractivity contribution in [2.24, 2.45) is 0 Å². The van der Waals surface area contributed by atoms with E-state index < -0.39 is 0 Å². The fourth-order valence-electron chi connectivity index (χ4n) is 1.73. The van der Waals surface area contributed by atoms with Crippen molar-refractivity contribution in [2.45, 2.75) is 17.9 Å². The maximum atomic E-state index is 4.03. The van der Waals surface area contributed by atoms with Gasteiger partial charge in [-0.1, -0.05) is 18.2 Å². The molecule has 18 heavy (non-hydrogen) atoms. The Morgan fingerprint density at radius 1 is 1.11 bits per heavy atom. The van der Waals surface area contributed by atoms with Crippen LogP contribution in [0.25, 0.3) is 0 Å². The second-order valence-corrected chi connectivity index (χ2v) is 5.29. The van der Waals surface area contributed by atoms with Crippen molar-refractivity contribution in [3.63, 3.8) is 0 Å². The third-order valence-electron chi connectivity index (χ3n) is 2.77. The molecule has 1 aromatic heterocycles. The summed E-state index contributed by atoms with van der Waals surface area (Å²) in [7, 11) is 0. The third kappa shape index (κ3) is 4.17. The Labute approximate surface area is 113 Å². The van der Waals surface area contributed by atoms with E-state index >= 15 is 0 Å². The molecular formula is C15H18N2S. The summed E-state index contributed by atoms with van der Waals surface area (Å²) in [4.78, 5) is 5.36. The summed E-state index contributed by atoms with van der Waals surface area (Å²) in [6, 6.07) is 15.0. The van der Waals surface area contributed by atoms with E-state index in [9.17, 15) is 0 Å². The summed E-state index contributed by atoms with van der Waals surface area (Å²) < 4.78 is 0. The van der Waals surface area contributed by atoms with Gasteiger partial charge in [0.25, 0.3) is 0 Å². The molecule has 1 atom stereocenters. The van der Waals surface area contributed by atoms with Gasteiger partial charge in [-0.2, -0.15) is 0 Å². The SMILES string of the molecule is CC(NCCSc1ccccc1)c1ccncc1. The zero-order chi connectivity index (χ0) is 12.6. The topological polar surface area (TPSA) is 24.9 Å². The molecule has 0 spiro atoms. The highest BCUT2D eigenvalue weighted by molar-refractivity contribution is 7.99. The Balaban J connectivity index is 1.70. The molecule has 0 fully saturated rings. The molecule has 94 valence electrons. The number of rotatable bonds is 6. The van der Waals surface area contributed by atoms with E-state index in [4.69, 9.17) is 0 Å². The van der Waals surface area contributed by atoms with Gasteiger partial charge in [-0.3, -0.25) is 4.98 Å². The summed E-state index contributed by atoms with van der Waals surface area (Å²) in [6.45, 7) is 3.19. The smallest absolute Gasteiger partial charge is 0.0293 e. The second kappa shape index (κ2) is 7.19. The molecule has 0 aliphatic rings. The van der Waals surface area contributed by atoms with Crippen LogP contribution in [-0.4, -0.2) is 17.3 Å². The van der Waals surface area contributed by atoms with Gasteiger partial charge in [0.05, 0.1) is 0 Å². The standard InChI is InChI=1S/C15H18N2S/c1-13(14-7-9-16-10-8-14)17-11-12-18-15-5-3-2-4-6-15/h2-10,13,17H,11-12H2,1H3. The number of aromatic nitrogens is 1. The van der Waals surface area contributed by atoms with Crippen LogP contribution in [-0.2, 0) is 0 Å². The Morgan fingerprint density at radius 2 is 1.83 bits per heavy atom. The van der Waals surface area contributed by atoms with Crippen LogP contribution in [0.2, 0.25) is 0 Å². The lowest BCUT2D eigenvalue weighted by atomic mass is 10.1. The lowest BCUT2D eigenvalue weighted by molar-refractivity contribution is 0.600. The molecule has 2 rings (SSSR count). The average Bonchev–Trinajstić information content (AvgIpc) is 2.45. The van der Waals surface area contributed by atoms with Crippen LogP contribution >= 0.6 is 11.8 Å². The number of pyridine rings is 1. The molecule has 3 heteroatoms. The number of hydrogen-bond acceptors (Lipinski definition) is 3. The maximum absolute atomic E-state index is 4.03. The van der Waals surface area contributed by atoms with Gasteiger partial charge < -0.3 is 5.32 Å². The van der Waals surface area contributed by atoms with Gasteiger partial charge in [0, 0.05) is 35.6 Å². The number of nitrogens with zero attached hydrogens (tertiary/aromatic N) is 1. The van der Waals surface area contributed by atoms with Crippen molar-refractivity contribution >= 4 is 11.8 Å². The lowest BCUT2D eigenvalue weighted by Crippen LogP contribution is -2.21. The van der Waals surface area contributed by atoms with Gasteiger partial charge in [-0.05, 0) is 36.8 Å². The highest BCUT2D eigenvalue weighted by Gasteiger charge is 2.03. The molecule has 1 unspecified atom stereocenters. The molecule has 0 saturated carbocycles. The first-order valence-electron chi connectivity index (χ1n) is 6.17. The minimum atomic E-state index is 0.379. The van der Waals surface area contributed by atoms with E-state index in [0.29, 0.717) is 6.04 Å². The molecule has 1 heterocycles. The summed E-state index contributed by atoms with van der Waals surface area (Å²) in [5.74, 6) is 1.08. The fraction of sp³-hybridized carbons (Fsp3) is 0.267. The lowest BCUT2D eigenvalue weighted by Gasteiger charge is -2.13. The Hall–Kier alpha value is -1.32. The summed E-state index contributed by atoms with van der Waals surface area (Å²) >= 11 is 1.88. The fourth-order valence-corrected chi connectivity index (χ4v) is 2.54. The quantitative estimate of drug-likeness (QED) is 0.634. The highest BCUT2D eigenvalue weighted by atomic mass is 32.2. The normalized spacial score (nSPS) is 12.3. The molecule has 0 saturated heterocycles. The first-order chi connectivity index (χ1) is 8.86. The Kier molecular flexibility index (Phi) is 5.24. The maximum Gasteiger partial charge on any atom is 0.0293 e. The van der Waals surface area contributed by atoms with E-state index in [1.807, 2.05) is 30.2 Å². The van der Waals surface area contributed by atoms with Crippen LogP contribution in [0.15, 0.2) is 59.8 Å². The van der Waals surface area contributed by atoms with Crippen molar-refractivity contribution < 1.29 is 0 Å². The highest BCUT2D eigenvalue weighted by Crippen LogP contribution is 2.16. The van der Waals surface area contributed by atoms with Gasteiger partial charge in [-0.25, -0.2) is 0 Å². The molecule has 0 aliphatic heterocycles. The summed E-state index contributed by atoms with van der Waals surface area (Å²) in [5.41, 5.74) is 1.29. The number of thioether (sulfide) groups is 1. The minimum Gasteiger partial charge on any atom is -0.309 e. The van der Waals surface area contributed by atoms with Crippen molar-refractivity contribution in [3.8, 4) is 0 Å². The van der Waals surface area contributed by atoms with Gasteiger partial charge in [0.15, 0.2) is 0 Å². The van der Waals surface area contributed by atoms with Crippen LogP contribution in [0.5, 0.6) is 0 Å². The molecule has 0 aliphatic carbocycles. The van der Waals surface area contributed by atoms with Crippen molar-refractivity contribution in [2.75, 3.05) is 12.3 Å². The van der Waals surface area contributed by atoms with E-state index in [2.05, 4.69) is 53.6 Å². The van der Waals surface area contributed by atoms with E-state index in [1.165, 1.54) is 10.5 Å². The predicted octanol–water partition coefficient (Wildman–Crippen LogP) is 3.52. The number of hydrogen-bond donors (Lipinski definition) is 1. The average molecular weight is 258 g/mol. The van der Waals surface area contributed by atoms with Gasteiger partial charge in [0.2, 0.25) is 0 Å². The molecule has 0 amide bonds. The molecular weight excluding hydrogens is 240 g/mol. The van der Waals surface area contributed by atoms with Crippen LogP contribution in [0, 0.1) is 0 Å². The predicted molar refractivity (Wildman–Crippen MR) is 77.8 cm³/mol. The van der Waals surface area contributed by atoms with Gasteiger partial charge >= 0.3 is 0 Å². The molecule has 2 aromatic rings. The molecule has 0 radical (unpaired) electrons. The molecule has 2 nitrogen and oxygen atoms in total.